The lowest BCUT2D eigenvalue weighted by atomic mass is 10.1. The predicted octanol–water partition coefficient (Wildman–Crippen LogP) is 3.28. The SMILES string of the molecule is CCNC(CCSC)c1ccnn1-c1ccccc1. The number of aromatic nitrogens is 2. The third-order valence-corrected chi connectivity index (χ3v) is 3.73. The second-order valence-corrected chi connectivity index (χ2v) is 5.38. The van der Waals surface area contributed by atoms with Gasteiger partial charge in [-0.05, 0) is 43.2 Å². The monoisotopic (exact) mass is 275 g/mol. The Kier molecular flexibility index (Phi) is 5.48. The van der Waals surface area contributed by atoms with Crippen LogP contribution in [0.5, 0.6) is 0 Å². The van der Waals surface area contributed by atoms with Gasteiger partial charge in [0, 0.05) is 6.20 Å². The minimum absolute atomic E-state index is 0.361. The minimum Gasteiger partial charge on any atom is -0.309 e. The number of hydrogen-bond acceptors (Lipinski definition) is 3. The summed E-state index contributed by atoms with van der Waals surface area (Å²) in [7, 11) is 0. The summed E-state index contributed by atoms with van der Waals surface area (Å²) in [5, 5.41) is 8.02. The second kappa shape index (κ2) is 7.36. The van der Waals surface area contributed by atoms with Crippen LogP contribution in [0, 0.1) is 0 Å². The van der Waals surface area contributed by atoms with E-state index in [0.717, 1.165) is 24.4 Å². The van der Waals surface area contributed by atoms with Crippen molar-refractivity contribution in [3.05, 3.63) is 48.3 Å². The van der Waals surface area contributed by atoms with Crippen molar-refractivity contribution in [2.45, 2.75) is 19.4 Å². The van der Waals surface area contributed by atoms with Gasteiger partial charge in [-0.1, -0.05) is 25.1 Å². The van der Waals surface area contributed by atoms with E-state index in [1.54, 1.807) is 0 Å². The quantitative estimate of drug-likeness (QED) is 0.841. The third-order valence-electron chi connectivity index (χ3n) is 3.09. The molecule has 0 fully saturated rings. The summed E-state index contributed by atoms with van der Waals surface area (Å²) in [6, 6.07) is 12.8. The van der Waals surface area contributed by atoms with E-state index in [4.69, 9.17) is 0 Å². The van der Waals surface area contributed by atoms with Gasteiger partial charge in [0.2, 0.25) is 0 Å². The normalized spacial score (nSPS) is 12.5. The van der Waals surface area contributed by atoms with Crippen LogP contribution in [0.1, 0.15) is 25.1 Å². The zero-order valence-corrected chi connectivity index (χ0v) is 12.4. The minimum atomic E-state index is 0.361. The molecule has 1 unspecified atom stereocenters. The van der Waals surface area contributed by atoms with Crippen LogP contribution in [-0.2, 0) is 0 Å². The number of thioether (sulfide) groups is 1. The molecule has 1 N–H and O–H groups in total. The zero-order valence-electron chi connectivity index (χ0n) is 11.5. The Labute approximate surface area is 119 Å². The number of benzene rings is 1. The maximum absolute atomic E-state index is 4.47. The van der Waals surface area contributed by atoms with E-state index < -0.39 is 0 Å². The Morgan fingerprint density at radius 3 is 2.74 bits per heavy atom. The van der Waals surface area contributed by atoms with Crippen molar-refractivity contribution in [1.29, 1.82) is 0 Å². The molecule has 3 nitrogen and oxygen atoms in total. The highest BCUT2D eigenvalue weighted by Crippen LogP contribution is 2.21. The fourth-order valence-corrected chi connectivity index (χ4v) is 2.67. The number of rotatable bonds is 7. The van der Waals surface area contributed by atoms with Gasteiger partial charge in [-0.25, -0.2) is 4.68 Å². The molecule has 2 rings (SSSR count). The summed E-state index contributed by atoms with van der Waals surface area (Å²) >= 11 is 1.89. The van der Waals surface area contributed by atoms with Crippen molar-refractivity contribution in [1.82, 2.24) is 15.1 Å². The first kappa shape index (κ1) is 14.2. The Morgan fingerprint density at radius 2 is 2.05 bits per heavy atom. The smallest absolute Gasteiger partial charge is 0.0649 e. The summed E-state index contributed by atoms with van der Waals surface area (Å²) in [5.74, 6) is 1.15. The molecule has 19 heavy (non-hydrogen) atoms. The molecule has 2 aromatic rings. The van der Waals surface area contributed by atoms with Crippen LogP contribution in [-0.4, -0.2) is 28.3 Å². The fraction of sp³-hybridized carbons (Fsp3) is 0.400. The molecule has 1 aromatic heterocycles. The summed E-state index contributed by atoms with van der Waals surface area (Å²) in [5.41, 5.74) is 2.36. The molecule has 0 aliphatic carbocycles. The molecule has 4 heteroatoms. The molecule has 0 radical (unpaired) electrons. The number of hydrogen-bond donors (Lipinski definition) is 1. The lowest BCUT2D eigenvalue weighted by Crippen LogP contribution is -2.24. The Hall–Kier alpha value is -1.26. The van der Waals surface area contributed by atoms with Crippen molar-refractivity contribution in [2.75, 3.05) is 18.6 Å². The predicted molar refractivity (Wildman–Crippen MR) is 83.0 cm³/mol. The fourth-order valence-electron chi connectivity index (χ4n) is 2.20. The molecule has 0 aliphatic heterocycles. The molecule has 1 heterocycles. The lowest BCUT2D eigenvalue weighted by Gasteiger charge is -2.19. The van der Waals surface area contributed by atoms with E-state index in [-0.39, 0.29) is 0 Å². The van der Waals surface area contributed by atoms with E-state index >= 15 is 0 Å². The number of nitrogens with zero attached hydrogens (tertiary/aromatic N) is 2. The molecule has 0 saturated heterocycles. The highest BCUT2D eigenvalue weighted by atomic mass is 32.2. The Morgan fingerprint density at radius 1 is 1.26 bits per heavy atom. The first-order valence-corrected chi connectivity index (χ1v) is 8.08. The highest BCUT2D eigenvalue weighted by Gasteiger charge is 2.15. The largest absolute Gasteiger partial charge is 0.309 e. The molecule has 1 aromatic carbocycles. The maximum atomic E-state index is 4.47. The van der Waals surface area contributed by atoms with Gasteiger partial charge in [-0.15, -0.1) is 0 Å². The van der Waals surface area contributed by atoms with Crippen LogP contribution in [0.3, 0.4) is 0 Å². The van der Waals surface area contributed by atoms with E-state index in [9.17, 15) is 0 Å². The maximum Gasteiger partial charge on any atom is 0.0649 e. The molecule has 0 saturated carbocycles. The van der Waals surface area contributed by atoms with Gasteiger partial charge in [-0.2, -0.15) is 16.9 Å². The van der Waals surface area contributed by atoms with Gasteiger partial charge >= 0.3 is 0 Å². The van der Waals surface area contributed by atoms with Crippen molar-refractivity contribution in [3.8, 4) is 5.69 Å². The molecule has 0 spiro atoms. The van der Waals surface area contributed by atoms with E-state index in [1.165, 1.54) is 5.69 Å². The van der Waals surface area contributed by atoms with E-state index in [0.29, 0.717) is 6.04 Å². The first-order chi connectivity index (χ1) is 9.36. The summed E-state index contributed by atoms with van der Waals surface area (Å²) in [4.78, 5) is 0. The van der Waals surface area contributed by atoms with E-state index in [2.05, 4.69) is 41.8 Å². The van der Waals surface area contributed by atoms with Gasteiger partial charge < -0.3 is 5.32 Å². The molecule has 0 bridgehead atoms. The van der Waals surface area contributed by atoms with Crippen LogP contribution < -0.4 is 5.32 Å². The molecule has 0 amide bonds. The highest BCUT2D eigenvalue weighted by molar-refractivity contribution is 7.98. The van der Waals surface area contributed by atoms with Crippen molar-refractivity contribution in [3.63, 3.8) is 0 Å². The Bertz CT molecular complexity index is 481. The Balaban J connectivity index is 2.26. The molecular formula is C15H21N3S. The van der Waals surface area contributed by atoms with Gasteiger partial charge in [0.15, 0.2) is 0 Å². The van der Waals surface area contributed by atoms with Gasteiger partial charge in [-0.3, -0.25) is 0 Å². The van der Waals surface area contributed by atoms with Crippen molar-refractivity contribution >= 4 is 11.8 Å². The zero-order chi connectivity index (χ0) is 13.5. The lowest BCUT2D eigenvalue weighted by molar-refractivity contribution is 0.513. The van der Waals surface area contributed by atoms with Crippen molar-refractivity contribution < 1.29 is 0 Å². The van der Waals surface area contributed by atoms with Crippen molar-refractivity contribution in [2.24, 2.45) is 0 Å². The standard InChI is InChI=1S/C15H21N3S/c1-3-16-14(10-12-19-2)15-9-11-17-18(15)13-7-5-4-6-8-13/h4-9,11,14,16H,3,10,12H2,1-2H3. The topological polar surface area (TPSA) is 29.9 Å². The van der Waals surface area contributed by atoms with Gasteiger partial charge in [0.05, 0.1) is 17.4 Å². The summed E-state index contributed by atoms with van der Waals surface area (Å²) < 4.78 is 2.04. The van der Waals surface area contributed by atoms with E-state index in [1.807, 2.05) is 40.8 Å². The average molecular weight is 275 g/mol. The molecule has 102 valence electrons. The third kappa shape index (κ3) is 3.61. The summed E-state index contributed by atoms with van der Waals surface area (Å²) in [6.07, 6.45) is 5.15. The van der Waals surface area contributed by atoms with Crippen LogP contribution in [0.4, 0.5) is 0 Å². The van der Waals surface area contributed by atoms with Gasteiger partial charge in [0.25, 0.3) is 0 Å². The van der Waals surface area contributed by atoms with Crippen LogP contribution in [0.2, 0.25) is 0 Å². The first-order valence-electron chi connectivity index (χ1n) is 6.68. The molecule has 0 aliphatic rings. The summed E-state index contributed by atoms with van der Waals surface area (Å²) in [6.45, 7) is 3.12. The molecule has 1 atom stereocenters. The average Bonchev–Trinajstić information content (AvgIpc) is 2.93. The second-order valence-electron chi connectivity index (χ2n) is 4.40. The van der Waals surface area contributed by atoms with Crippen LogP contribution >= 0.6 is 11.8 Å². The van der Waals surface area contributed by atoms with Crippen LogP contribution in [0.25, 0.3) is 5.69 Å². The number of para-hydroxylation sites is 1. The number of nitrogens with one attached hydrogen (secondary N) is 1. The van der Waals surface area contributed by atoms with Gasteiger partial charge in [0.1, 0.15) is 0 Å². The molecular weight excluding hydrogens is 254 g/mol. The van der Waals surface area contributed by atoms with Crippen LogP contribution in [0.15, 0.2) is 42.6 Å².